The van der Waals surface area contributed by atoms with Crippen LogP contribution in [-0.2, 0) is 0 Å². The summed E-state index contributed by atoms with van der Waals surface area (Å²) in [6.07, 6.45) is 9.08. The number of amides is 1. The molecule has 126 valence electrons. The summed E-state index contributed by atoms with van der Waals surface area (Å²) in [5.74, 6) is -1.03. The monoisotopic (exact) mass is 327 g/mol. The summed E-state index contributed by atoms with van der Waals surface area (Å²) < 4.78 is 0. The zero-order chi connectivity index (χ0) is 17.2. The van der Waals surface area contributed by atoms with Gasteiger partial charge in [0.1, 0.15) is 11.4 Å². The lowest BCUT2D eigenvalue weighted by Crippen LogP contribution is -2.36. The fraction of sp³-hybridized carbons (Fsp3) is 0.333. The molecule has 1 saturated carbocycles. The molecule has 1 amide bonds. The molecule has 6 nitrogen and oxygen atoms in total. The third-order valence-corrected chi connectivity index (χ3v) is 3.72. The van der Waals surface area contributed by atoms with Crippen LogP contribution in [0.25, 0.3) is 0 Å². The van der Waals surface area contributed by atoms with Gasteiger partial charge in [0.05, 0.1) is 0 Å². The van der Waals surface area contributed by atoms with Crippen molar-refractivity contribution in [1.82, 2.24) is 15.3 Å². The Hall–Kier alpha value is -2.76. The lowest BCUT2D eigenvalue weighted by atomic mass is 9.95. The van der Waals surface area contributed by atoms with Gasteiger partial charge >= 0.3 is 5.97 Å². The van der Waals surface area contributed by atoms with Crippen molar-refractivity contribution in [2.75, 3.05) is 0 Å². The zero-order valence-electron chi connectivity index (χ0n) is 13.4. The third kappa shape index (κ3) is 5.79. The minimum Gasteiger partial charge on any atom is -0.477 e. The summed E-state index contributed by atoms with van der Waals surface area (Å²) >= 11 is 0. The van der Waals surface area contributed by atoms with Crippen LogP contribution >= 0.6 is 0 Å². The molecular weight excluding hydrogens is 306 g/mol. The number of hydrogen-bond acceptors (Lipinski definition) is 4. The number of aromatic nitrogens is 2. The van der Waals surface area contributed by atoms with E-state index in [0.29, 0.717) is 11.7 Å². The standard InChI is InChI=1S/C12H16N2O.C6H5NO2/c15-12(11-8-4-5-9-13-11)14-10-6-2-1-3-7-10;8-6(9)5-3-1-2-4-7-5/h4-5,8-10H,1-3,6-7H2,(H,14,15);1-4H,(H,8,9). The van der Waals surface area contributed by atoms with Gasteiger partial charge in [0.25, 0.3) is 5.91 Å². The van der Waals surface area contributed by atoms with Gasteiger partial charge in [-0.05, 0) is 37.1 Å². The first-order chi connectivity index (χ1) is 11.7. The van der Waals surface area contributed by atoms with Crippen LogP contribution in [0.15, 0.2) is 48.8 Å². The van der Waals surface area contributed by atoms with Crippen molar-refractivity contribution in [3.8, 4) is 0 Å². The van der Waals surface area contributed by atoms with E-state index in [4.69, 9.17) is 5.11 Å². The van der Waals surface area contributed by atoms with Crippen molar-refractivity contribution >= 4 is 11.9 Å². The number of rotatable bonds is 3. The van der Waals surface area contributed by atoms with E-state index < -0.39 is 5.97 Å². The molecule has 0 bridgehead atoms. The maximum Gasteiger partial charge on any atom is 0.354 e. The second-order valence-corrected chi connectivity index (χ2v) is 5.54. The zero-order valence-corrected chi connectivity index (χ0v) is 13.4. The van der Waals surface area contributed by atoms with Crippen molar-refractivity contribution in [3.05, 3.63) is 60.2 Å². The maximum atomic E-state index is 11.7. The highest BCUT2D eigenvalue weighted by Crippen LogP contribution is 2.17. The largest absolute Gasteiger partial charge is 0.477 e. The Bertz CT molecular complexity index is 641. The van der Waals surface area contributed by atoms with Gasteiger partial charge in [0.2, 0.25) is 0 Å². The Labute approximate surface area is 141 Å². The molecule has 3 rings (SSSR count). The number of nitrogens with one attached hydrogen (secondary N) is 1. The molecule has 6 heteroatoms. The van der Waals surface area contributed by atoms with Gasteiger partial charge in [0.15, 0.2) is 0 Å². The van der Waals surface area contributed by atoms with Crippen molar-refractivity contribution < 1.29 is 14.7 Å². The Morgan fingerprint density at radius 2 is 1.50 bits per heavy atom. The first-order valence-corrected chi connectivity index (χ1v) is 8.03. The second-order valence-electron chi connectivity index (χ2n) is 5.54. The maximum absolute atomic E-state index is 11.7. The van der Waals surface area contributed by atoms with Gasteiger partial charge in [-0.2, -0.15) is 0 Å². The van der Waals surface area contributed by atoms with Crippen LogP contribution in [-0.4, -0.2) is 33.0 Å². The number of hydrogen-bond donors (Lipinski definition) is 2. The molecule has 1 aliphatic carbocycles. The van der Waals surface area contributed by atoms with E-state index in [1.54, 1.807) is 24.4 Å². The molecule has 1 fully saturated rings. The highest BCUT2D eigenvalue weighted by atomic mass is 16.4. The van der Waals surface area contributed by atoms with Crippen molar-refractivity contribution in [2.45, 2.75) is 38.1 Å². The molecule has 1 aliphatic rings. The van der Waals surface area contributed by atoms with Crippen LogP contribution in [0.2, 0.25) is 0 Å². The van der Waals surface area contributed by atoms with Crippen LogP contribution in [0.3, 0.4) is 0 Å². The highest BCUT2D eigenvalue weighted by Gasteiger charge is 2.16. The SMILES string of the molecule is O=C(NC1CCCCC1)c1ccccn1.O=C(O)c1ccccn1. The van der Waals surface area contributed by atoms with E-state index in [2.05, 4.69) is 15.3 Å². The molecule has 0 saturated heterocycles. The Morgan fingerprint density at radius 1 is 0.917 bits per heavy atom. The molecule has 2 aromatic rings. The first-order valence-electron chi connectivity index (χ1n) is 8.03. The van der Waals surface area contributed by atoms with Crippen molar-refractivity contribution in [3.63, 3.8) is 0 Å². The molecule has 0 spiro atoms. The first kappa shape index (κ1) is 17.6. The van der Waals surface area contributed by atoms with Gasteiger partial charge < -0.3 is 10.4 Å². The average molecular weight is 327 g/mol. The van der Waals surface area contributed by atoms with Crippen LogP contribution in [0.4, 0.5) is 0 Å². The van der Waals surface area contributed by atoms with Crippen LogP contribution in [0.5, 0.6) is 0 Å². The van der Waals surface area contributed by atoms with Crippen molar-refractivity contribution in [2.24, 2.45) is 0 Å². The van der Waals surface area contributed by atoms with E-state index in [0.717, 1.165) is 12.8 Å². The Balaban J connectivity index is 0.000000198. The summed E-state index contributed by atoms with van der Waals surface area (Å²) in [6.45, 7) is 0. The molecular formula is C18H21N3O3. The number of carboxylic acids is 1. The summed E-state index contributed by atoms with van der Waals surface area (Å²) in [5.41, 5.74) is 0.598. The highest BCUT2D eigenvalue weighted by molar-refractivity contribution is 5.92. The van der Waals surface area contributed by atoms with Gasteiger partial charge in [-0.1, -0.05) is 31.4 Å². The fourth-order valence-corrected chi connectivity index (χ4v) is 2.49. The molecule has 0 aromatic carbocycles. The summed E-state index contributed by atoms with van der Waals surface area (Å²) in [7, 11) is 0. The van der Waals surface area contributed by atoms with Crippen molar-refractivity contribution in [1.29, 1.82) is 0 Å². The van der Waals surface area contributed by atoms with Gasteiger partial charge in [-0.3, -0.25) is 9.78 Å². The number of carbonyl (C=O) groups is 2. The van der Waals surface area contributed by atoms with Gasteiger partial charge in [0, 0.05) is 18.4 Å². The lowest BCUT2D eigenvalue weighted by molar-refractivity contribution is 0.0690. The minimum atomic E-state index is -0.990. The molecule has 2 aromatic heterocycles. The van der Waals surface area contributed by atoms with Crippen LogP contribution < -0.4 is 5.32 Å². The van der Waals surface area contributed by atoms with Crippen LogP contribution in [0, 0.1) is 0 Å². The predicted octanol–water partition coefficient (Wildman–Crippen LogP) is 2.92. The molecule has 0 radical (unpaired) electrons. The van der Waals surface area contributed by atoms with E-state index in [9.17, 15) is 9.59 Å². The molecule has 0 atom stereocenters. The molecule has 0 unspecified atom stereocenters. The van der Waals surface area contributed by atoms with E-state index in [-0.39, 0.29) is 11.6 Å². The average Bonchev–Trinajstić information content (AvgIpc) is 2.64. The smallest absolute Gasteiger partial charge is 0.354 e. The van der Waals surface area contributed by atoms with Crippen LogP contribution in [0.1, 0.15) is 53.1 Å². The van der Waals surface area contributed by atoms with E-state index >= 15 is 0 Å². The predicted molar refractivity (Wildman–Crippen MR) is 89.8 cm³/mol. The molecule has 2 N–H and O–H groups in total. The summed E-state index contributed by atoms with van der Waals surface area (Å²) in [4.78, 5) is 29.5. The normalized spacial score (nSPS) is 14.2. The summed E-state index contributed by atoms with van der Waals surface area (Å²) in [6, 6.07) is 10.5. The number of aromatic carboxylic acids is 1. The quantitative estimate of drug-likeness (QED) is 0.904. The number of pyridine rings is 2. The molecule has 24 heavy (non-hydrogen) atoms. The Morgan fingerprint density at radius 3 is 1.96 bits per heavy atom. The lowest BCUT2D eigenvalue weighted by Gasteiger charge is -2.22. The second kappa shape index (κ2) is 9.39. The molecule has 0 aliphatic heterocycles. The third-order valence-electron chi connectivity index (χ3n) is 3.72. The topological polar surface area (TPSA) is 92.2 Å². The number of carboxylic acid groups (broad SMARTS) is 1. The number of nitrogens with zero attached hydrogens (tertiary/aromatic N) is 2. The van der Waals surface area contributed by atoms with E-state index in [1.807, 2.05) is 12.1 Å². The fourth-order valence-electron chi connectivity index (χ4n) is 2.49. The Kier molecular flexibility index (Phi) is 6.89. The summed E-state index contributed by atoms with van der Waals surface area (Å²) in [5, 5.41) is 11.4. The van der Waals surface area contributed by atoms with Gasteiger partial charge in [-0.25, -0.2) is 9.78 Å². The van der Waals surface area contributed by atoms with E-state index in [1.165, 1.54) is 31.5 Å². The number of carbonyl (C=O) groups excluding carboxylic acids is 1. The van der Waals surface area contributed by atoms with Gasteiger partial charge in [-0.15, -0.1) is 0 Å². The molecule has 2 heterocycles. The minimum absolute atomic E-state index is 0.0394.